The first-order valence-corrected chi connectivity index (χ1v) is 6.32. The Morgan fingerprint density at radius 1 is 1.60 bits per heavy atom. The fourth-order valence-corrected chi connectivity index (χ4v) is 2.57. The van der Waals surface area contributed by atoms with Gasteiger partial charge in [0, 0.05) is 12.0 Å². The lowest BCUT2D eigenvalue weighted by Crippen LogP contribution is -2.25. The molecule has 108 valence electrons. The predicted octanol–water partition coefficient (Wildman–Crippen LogP) is -0.806. The SMILES string of the molecule is C[C@@H]1[C@@H](CO)OC(n2cnc3c(=O)[nH]c(N)cc32)[C@@H]1O. The lowest BCUT2D eigenvalue weighted by Gasteiger charge is -2.17. The minimum absolute atomic E-state index is 0.177. The number of anilines is 1. The van der Waals surface area contributed by atoms with Crippen LogP contribution < -0.4 is 11.3 Å². The number of nitrogens with zero attached hydrogens (tertiary/aromatic N) is 2. The van der Waals surface area contributed by atoms with Crippen molar-refractivity contribution in [2.45, 2.75) is 25.4 Å². The summed E-state index contributed by atoms with van der Waals surface area (Å²) in [5.41, 5.74) is 5.95. The molecule has 1 unspecified atom stereocenters. The summed E-state index contributed by atoms with van der Waals surface area (Å²) < 4.78 is 7.20. The van der Waals surface area contributed by atoms with Crippen LogP contribution in [0.25, 0.3) is 11.0 Å². The van der Waals surface area contributed by atoms with Gasteiger partial charge in [0.1, 0.15) is 11.9 Å². The van der Waals surface area contributed by atoms with Gasteiger partial charge in [-0.1, -0.05) is 6.92 Å². The molecule has 0 aliphatic carbocycles. The number of H-pyrrole nitrogens is 1. The van der Waals surface area contributed by atoms with Crippen molar-refractivity contribution in [1.29, 1.82) is 0 Å². The van der Waals surface area contributed by atoms with Crippen molar-refractivity contribution >= 4 is 16.9 Å². The Morgan fingerprint density at radius 2 is 2.35 bits per heavy atom. The molecule has 4 atom stereocenters. The number of imidazole rings is 1. The number of pyridine rings is 1. The van der Waals surface area contributed by atoms with Crippen LogP contribution in [0.5, 0.6) is 0 Å². The van der Waals surface area contributed by atoms with Gasteiger partial charge in [-0.3, -0.25) is 4.79 Å². The summed E-state index contributed by atoms with van der Waals surface area (Å²) in [5, 5.41) is 19.5. The number of aromatic nitrogens is 3. The smallest absolute Gasteiger partial charge is 0.277 e. The number of rotatable bonds is 2. The largest absolute Gasteiger partial charge is 0.394 e. The zero-order valence-electron chi connectivity index (χ0n) is 10.9. The normalized spacial score (nSPS) is 30.1. The number of ether oxygens (including phenoxy) is 1. The molecule has 1 saturated heterocycles. The van der Waals surface area contributed by atoms with Crippen LogP contribution in [0.2, 0.25) is 0 Å². The van der Waals surface area contributed by atoms with E-state index in [4.69, 9.17) is 10.5 Å². The van der Waals surface area contributed by atoms with Gasteiger partial charge in [-0.05, 0) is 0 Å². The Morgan fingerprint density at radius 3 is 3.00 bits per heavy atom. The summed E-state index contributed by atoms with van der Waals surface area (Å²) in [6, 6.07) is 1.57. The fraction of sp³-hybridized carbons (Fsp3) is 0.500. The van der Waals surface area contributed by atoms with Gasteiger partial charge in [0.15, 0.2) is 11.7 Å². The summed E-state index contributed by atoms with van der Waals surface area (Å²) in [6.07, 6.45) is -0.523. The number of hydrogen-bond donors (Lipinski definition) is 4. The van der Waals surface area contributed by atoms with Crippen LogP contribution in [0.15, 0.2) is 17.2 Å². The van der Waals surface area contributed by atoms with Gasteiger partial charge < -0.3 is 30.2 Å². The van der Waals surface area contributed by atoms with Crippen LogP contribution >= 0.6 is 0 Å². The maximum atomic E-state index is 11.7. The van der Waals surface area contributed by atoms with E-state index in [0.29, 0.717) is 5.52 Å². The van der Waals surface area contributed by atoms with E-state index in [1.165, 1.54) is 6.33 Å². The van der Waals surface area contributed by atoms with Crippen molar-refractivity contribution in [2.24, 2.45) is 5.92 Å². The number of aromatic amines is 1. The maximum absolute atomic E-state index is 11.7. The third-order valence-electron chi connectivity index (χ3n) is 3.78. The van der Waals surface area contributed by atoms with Crippen molar-refractivity contribution in [3.8, 4) is 0 Å². The number of aliphatic hydroxyl groups excluding tert-OH is 2. The summed E-state index contributed by atoms with van der Waals surface area (Å²) in [4.78, 5) is 18.2. The number of nitrogens with one attached hydrogen (secondary N) is 1. The first-order chi connectivity index (χ1) is 9.52. The zero-order chi connectivity index (χ0) is 14.4. The Bertz CT molecular complexity index is 694. The quantitative estimate of drug-likeness (QED) is 0.570. The van der Waals surface area contributed by atoms with E-state index in [1.54, 1.807) is 17.6 Å². The number of nitrogens with two attached hydrogens (primary N) is 1. The molecule has 5 N–H and O–H groups in total. The molecular formula is C12H16N4O4. The van der Waals surface area contributed by atoms with Gasteiger partial charge >= 0.3 is 0 Å². The Balaban J connectivity index is 2.09. The highest BCUT2D eigenvalue weighted by molar-refractivity contribution is 5.76. The summed E-state index contributed by atoms with van der Waals surface area (Å²) >= 11 is 0. The zero-order valence-corrected chi connectivity index (χ0v) is 10.9. The molecule has 8 heteroatoms. The van der Waals surface area contributed by atoms with Crippen LogP contribution in [-0.4, -0.2) is 43.6 Å². The molecule has 8 nitrogen and oxygen atoms in total. The standard InChI is InChI=1S/C12H16N4O4/c1-5-7(3-17)20-12(10(5)18)16-4-14-9-6(16)2-8(13)15-11(9)19/h2,4-5,7,10,12,17-18H,3H2,1H3,(H3,13,15,19)/t5-,7-,10-,12?/m1/s1. The summed E-state index contributed by atoms with van der Waals surface area (Å²) in [6.45, 7) is 1.62. The van der Waals surface area contributed by atoms with Gasteiger partial charge in [0.25, 0.3) is 5.56 Å². The fourth-order valence-electron chi connectivity index (χ4n) is 2.57. The third-order valence-corrected chi connectivity index (χ3v) is 3.78. The highest BCUT2D eigenvalue weighted by Crippen LogP contribution is 2.34. The summed E-state index contributed by atoms with van der Waals surface area (Å²) in [7, 11) is 0. The topological polar surface area (TPSA) is 126 Å². The van der Waals surface area contributed by atoms with Gasteiger partial charge in [-0.25, -0.2) is 4.98 Å². The molecule has 20 heavy (non-hydrogen) atoms. The van der Waals surface area contributed by atoms with Crippen LogP contribution in [0.1, 0.15) is 13.2 Å². The first kappa shape index (κ1) is 13.1. The van der Waals surface area contributed by atoms with Crippen LogP contribution in [-0.2, 0) is 4.74 Å². The van der Waals surface area contributed by atoms with Crippen LogP contribution in [0, 0.1) is 5.92 Å². The molecule has 0 amide bonds. The van der Waals surface area contributed by atoms with Gasteiger partial charge in [-0.15, -0.1) is 0 Å². The first-order valence-electron chi connectivity index (χ1n) is 6.32. The minimum Gasteiger partial charge on any atom is -0.394 e. The molecule has 0 bridgehead atoms. The van der Waals surface area contributed by atoms with E-state index in [0.717, 1.165) is 0 Å². The van der Waals surface area contributed by atoms with Crippen molar-refractivity contribution in [1.82, 2.24) is 14.5 Å². The molecule has 1 aliphatic heterocycles. The van der Waals surface area contributed by atoms with Crippen molar-refractivity contribution in [3.63, 3.8) is 0 Å². The molecule has 3 heterocycles. The summed E-state index contributed by atoms with van der Waals surface area (Å²) in [5.74, 6) is -0.00899. The van der Waals surface area contributed by atoms with E-state index in [9.17, 15) is 15.0 Å². The third kappa shape index (κ3) is 1.80. The molecule has 0 spiro atoms. The van der Waals surface area contributed by atoms with Crippen LogP contribution in [0.4, 0.5) is 5.82 Å². The number of hydrogen-bond acceptors (Lipinski definition) is 6. The van der Waals surface area contributed by atoms with E-state index >= 15 is 0 Å². The minimum atomic E-state index is -0.801. The Hall–Kier alpha value is -1.90. The van der Waals surface area contributed by atoms with Crippen LogP contribution in [0.3, 0.4) is 0 Å². The van der Waals surface area contributed by atoms with Gasteiger partial charge in [0.2, 0.25) is 0 Å². The average molecular weight is 280 g/mol. The highest BCUT2D eigenvalue weighted by atomic mass is 16.5. The predicted molar refractivity (Wildman–Crippen MR) is 70.9 cm³/mol. The van der Waals surface area contributed by atoms with Gasteiger partial charge in [-0.2, -0.15) is 0 Å². The van der Waals surface area contributed by atoms with Crippen molar-refractivity contribution in [2.75, 3.05) is 12.3 Å². The van der Waals surface area contributed by atoms with Crippen molar-refractivity contribution in [3.05, 3.63) is 22.7 Å². The number of fused-ring (bicyclic) bond motifs is 1. The second kappa shape index (κ2) is 4.58. The molecule has 0 radical (unpaired) electrons. The van der Waals surface area contributed by atoms with E-state index in [2.05, 4.69) is 9.97 Å². The lowest BCUT2D eigenvalue weighted by molar-refractivity contribution is -0.0489. The molecule has 0 aromatic carbocycles. The second-order valence-electron chi connectivity index (χ2n) is 5.04. The molecular weight excluding hydrogens is 264 g/mol. The monoisotopic (exact) mass is 280 g/mol. The second-order valence-corrected chi connectivity index (χ2v) is 5.04. The Labute approximate surface area is 113 Å². The molecule has 1 aliphatic rings. The lowest BCUT2D eigenvalue weighted by atomic mass is 10.0. The van der Waals surface area contributed by atoms with E-state index < -0.39 is 24.0 Å². The molecule has 1 fully saturated rings. The van der Waals surface area contributed by atoms with E-state index in [-0.39, 0.29) is 23.9 Å². The Kier molecular flexibility index (Phi) is 3.00. The van der Waals surface area contributed by atoms with Crippen molar-refractivity contribution < 1.29 is 14.9 Å². The van der Waals surface area contributed by atoms with Gasteiger partial charge in [0.05, 0.1) is 24.6 Å². The molecule has 2 aromatic heterocycles. The van der Waals surface area contributed by atoms with E-state index in [1.807, 2.05) is 0 Å². The number of nitrogen functional groups attached to an aromatic ring is 1. The maximum Gasteiger partial charge on any atom is 0.277 e. The average Bonchev–Trinajstić information content (AvgIpc) is 2.93. The molecule has 2 aromatic rings. The highest BCUT2D eigenvalue weighted by Gasteiger charge is 2.41. The number of aliphatic hydroxyl groups is 2. The molecule has 3 rings (SSSR count). The molecule has 0 saturated carbocycles.